The largest absolute Gasteiger partial charge is 0.384 e. The van der Waals surface area contributed by atoms with E-state index in [1.165, 1.54) is 12.1 Å². The smallest absolute Gasteiger partial charge is 0.311 e. The lowest BCUT2D eigenvalue weighted by Crippen LogP contribution is -2.34. The van der Waals surface area contributed by atoms with Gasteiger partial charge in [-0.3, -0.25) is 10.1 Å². The second kappa shape index (κ2) is 5.83. The van der Waals surface area contributed by atoms with Crippen molar-refractivity contribution in [2.24, 2.45) is 5.41 Å². The van der Waals surface area contributed by atoms with Crippen LogP contribution < -0.4 is 11.1 Å². The molecule has 0 unspecified atom stereocenters. The van der Waals surface area contributed by atoms with E-state index in [2.05, 4.69) is 29.0 Å². The number of nitro groups is 1. The van der Waals surface area contributed by atoms with Crippen molar-refractivity contribution in [3.05, 3.63) is 22.2 Å². The van der Waals surface area contributed by atoms with E-state index >= 15 is 0 Å². The van der Waals surface area contributed by atoms with Crippen LogP contribution in [0.5, 0.6) is 0 Å². The van der Waals surface area contributed by atoms with Crippen molar-refractivity contribution >= 4 is 17.3 Å². The number of nitrogens with zero attached hydrogens (tertiary/aromatic N) is 3. The van der Waals surface area contributed by atoms with E-state index in [1.807, 2.05) is 14.1 Å². The van der Waals surface area contributed by atoms with Gasteiger partial charge >= 0.3 is 5.69 Å². The summed E-state index contributed by atoms with van der Waals surface area (Å²) < 4.78 is 0. The third-order valence-electron chi connectivity index (χ3n) is 2.57. The molecule has 1 rings (SSSR count). The zero-order chi connectivity index (χ0) is 14.6. The molecule has 3 N–H and O–H groups in total. The summed E-state index contributed by atoms with van der Waals surface area (Å²) in [5, 5.41) is 13.9. The van der Waals surface area contributed by atoms with Gasteiger partial charge in [0, 0.05) is 19.2 Å². The normalized spacial score (nSPS) is 11.6. The predicted octanol–water partition coefficient (Wildman–Crippen LogP) is 1.57. The summed E-state index contributed by atoms with van der Waals surface area (Å²) in [6.45, 7) is 5.59. The van der Waals surface area contributed by atoms with Crippen LogP contribution in [0.1, 0.15) is 13.8 Å². The van der Waals surface area contributed by atoms with Gasteiger partial charge < -0.3 is 16.0 Å². The molecule has 1 aromatic rings. The maximum absolute atomic E-state index is 10.9. The molecule has 0 spiro atoms. The molecule has 0 aliphatic carbocycles. The highest BCUT2D eigenvalue weighted by Crippen LogP contribution is 2.25. The van der Waals surface area contributed by atoms with Crippen LogP contribution in [0, 0.1) is 15.5 Å². The Labute approximate surface area is 113 Å². The van der Waals surface area contributed by atoms with Gasteiger partial charge in [0.1, 0.15) is 5.82 Å². The predicted molar refractivity (Wildman–Crippen MR) is 76.1 cm³/mol. The van der Waals surface area contributed by atoms with Gasteiger partial charge in [-0.2, -0.15) is 0 Å². The van der Waals surface area contributed by atoms with Crippen molar-refractivity contribution < 1.29 is 4.92 Å². The van der Waals surface area contributed by atoms with Gasteiger partial charge in [0.05, 0.1) is 4.92 Å². The molecule has 0 bridgehead atoms. The molecule has 0 aliphatic rings. The molecule has 19 heavy (non-hydrogen) atoms. The monoisotopic (exact) mass is 267 g/mol. The van der Waals surface area contributed by atoms with Crippen molar-refractivity contribution in [1.82, 2.24) is 9.88 Å². The lowest BCUT2D eigenvalue weighted by Gasteiger charge is -2.28. The molecular formula is C12H21N5O2. The number of anilines is 2. The molecule has 0 aliphatic heterocycles. The topological polar surface area (TPSA) is 97.3 Å². The Morgan fingerprint density at radius 3 is 2.63 bits per heavy atom. The van der Waals surface area contributed by atoms with Crippen LogP contribution in [-0.4, -0.2) is 42.0 Å². The van der Waals surface area contributed by atoms with E-state index in [0.717, 1.165) is 6.54 Å². The van der Waals surface area contributed by atoms with Gasteiger partial charge in [0.15, 0.2) is 0 Å². The Hall–Kier alpha value is -1.89. The molecule has 0 aromatic carbocycles. The third kappa shape index (κ3) is 4.70. The van der Waals surface area contributed by atoms with E-state index in [4.69, 9.17) is 5.73 Å². The maximum atomic E-state index is 10.9. The number of rotatable bonds is 6. The Bertz CT molecular complexity index is 459. The standard InChI is InChI=1S/C12H21N5O2/c1-12(2,8-16(3)4)7-14-11-9(17(18)19)5-6-10(13)15-11/h5-6H,7-8H2,1-4H3,(H3,13,14,15). The van der Waals surface area contributed by atoms with Gasteiger partial charge in [-0.1, -0.05) is 13.8 Å². The first-order chi connectivity index (χ1) is 8.71. The molecule has 0 saturated carbocycles. The molecule has 0 radical (unpaired) electrons. The van der Waals surface area contributed by atoms with Crippen molar-refractivity contribution in [1.29, 1.82) is 0 Å². The molecule has 7 nitrogen and oxygen atoms in total. The Balaban J connectivity index is 2.82. The number of hydrogen-bond donors (Lipinski definition) is 2. The number of pyridine rings is 1. The Kier molecular flexibility index (Phi) is 4.66. The highest BCUT2D eigenvalue weighted by molar-refractivity contribution is 5.59. The molecule has 1 aromatic heterocycles. The van der Waals surface area contributed by atoms with Crippen LogP contribution in [0.3, 0.4) is 0 Å². The summed E-state index contributed by atoms with van der Waals surface area (Å²) in [6.07, 6.45) is 0. The minimum absolute atomic E-state index is 0.0380. The van der Waals surface area contributed by atoms with Gasteiger partial charge in [-0.25, -0.2) is 4.98 Å². The summed E-state index contributed by atoms with van der Waals surface area (Å²) in [7, 11) is 3.98. The van der Waals surface area contributed by atoms with Gasteiger partial charge in [0.2, 0.25) is 5.82 Å². The third-order valence-corrected chi connectivity index (χ3v) is 2.57. The maximum Gasteiger partial charge on any atom is 0.311 e. The number of nitrogens with two attached hydrogens (primary N) is 1. The zero-order valence-electron chi connectivity index (χ0n) is 11.8. The number of nitrogens with one attached hydrogen (secondary N) is 1. The van der Waals surface area contributed by atoms with Crippen molar-refractivity contribution in [3.8, 4) is 0 Å². The van der Waals surface area contributed by atoms with Crippen LogP contribution in [0.2, 0.25) is 0 Å². The fraction of sp³-hybridized carbons (Fsp3) is 0.583. The average Bonchev–Trinajstić information content (AvgIpc) is 2.24. The average molecular weight is 267 g/mol. The molecular weight excluding hydrogens is 246 g/mol. The summed E-state index contributed by atoms with van der Waals surface area (Å²) in [6, 6.07) is 2.79. The van der Waals surface area contributed by atoms with Gasteiger partial charge in [0.25, 0.3) is 0 Å². The first-order valence-corrected chi connectivity index (χ1v) is 6.01. The highest BCUT2D eigenvalue weighted by Gasteiger charge is 2.22. The zero-order valence-corrected chi connectivity index (χ0v) is 11.8. The van der Waals surface area contributed by atoms with Crippen molar-refractivity contribution in [2.45, 2.75) is 13.8 Å². The second-order valence-corrected chi connectivity index (χ2v) is 5.62. The number of hydrogen-bond acceptors (Lipinski definition) is 6. The molecule has 0 saturated heterocycles. The summed E-state index contributed by atoms with van der Waals surface area (Å²) in [5.74, 6) is 0.482. The van der Waals surface area contributed by atoms with E-state index in [1.54, 1.807) is 0 Å². The van der Waals surface area contributed by atoms with Crippen LogP contribution in [0.25, 0.3) is 0 Å². The molecule has 0 amide bonds. The van der Waals surface area contributed by atoms with E-state index < -0.39 is 4.92 Å². The van der Waals surface area contributed by atoms with Crippen LogP contribution >= 0.6 is 0 Å². The molecule has 0 atom stereocenters. The van der Waals surface area contributed by atoms with E-state index in [-0.39, 0.29) is 22.7 Å². The number of nitrogen functional groups attached to an aromatic ring is 1. The fourth-order valence-corrected chi connectivity index (χ4v) is 1.98. The number of aromatic nitrogens is 1. The lowest BCUT2D eigenvalue weighted by molar-refractivity contribution is -0.384. The summed E-state index contributed by atoms with van der Waals surface area (Å²) in [4.78, 5) is 16.5. The first-order valence-electron chi connectivity index (χ1n) is 6.01. The fourth-order valence-electron chi connectivity index (χ4n) is 1.98. The van der Waals surface area contributed by atoms with Crippen LogP contribution in [-0.2, 0) is 0 Å². The molecule has 106 valence electrons. The Morgan fingerprint density at radius 1 is 1.47 bits per heavy atom. The molecule has 0 fully saturated rings. The molecule has 7 heteroatoms. The quantitative estimate of drug-likeness (QED) is 0.600. The first kappa shape index (κ1) is 15.2. The minimum Gasteiger partial charge on any atom is -0.384 e. The van der Waals surface area contributed by atoms with Crippen LogP contribution in [0.15, 0.2) is 12.1 Å². The summed E-state index contributed by atoms with van der Waals surface area (Å²) >= 11 is 0. The van der Waals surface area contributed by atoms with Crippen LogP contribution in [0.4, 0.5) is 17.3 Å². The minimum atomic E-state index is -0.465. The second-order valence-electron chi connectivity index (χ2n) is 5.62. The summed E-state index contributed by atoms with van der Waals surface area (Å²) in [5.41, 5.74) is 5.47. The Morgan fingerprint density at radius 2 is 2.11 bits per heavy atom. The highest BCUT2D eigenvalue weighted by atomic mass is 16.6. The lowest BCUT2D eigenvalue weighted by atomic mass is 9.93. The van der Waals surface area contributed by atoms with Crippen molar-refractivity contribution in [3.63, 3.8) is 0 Å². The van der Waals surface area contributed by atoms with E-state index in [9.17, 15) is 10.1 Å². The molecule has 1 heterocycles. The van der Waals surface area contributed by atoms with Crippen molar-refractivity contribution in [2.75, 3.05) is 38.2 Å². The van der Waals surface area contributed by atoms with E-state index in [0.29, 0.717) is 6.54 Å². The SMILES string of the molecule is CN(C)CC(C)(C)CNc1nc(N)ccc1[N+](=O)[O-]. The van der Waals surface area contributed by atoms with Gasteiger partial charge in [-0.05, 0) is 25.6 Å². The van der Waals surface area contributed by atoms with Gasteiger partial charge in [-0.15, -0.1) is 0 Å².